The Hall–Kier alpha value is -3.56. The minimum absolute atomic E-state index is 0.0654. The SMILES string of the molecule is COc1ccc(NC(=O)/C=C/c2ccc(S(=O)(=O)NCc3ccco3)cc2)cc1OC1CCCC1. The maximum absolute atomic E-state index is 12.4. The summed E-state index contributed by atoms with van der Waals surface area (Å²) in [6.07, 6.45) is 9.00. The van der Waals surface area contributed by atoms with E-state index in [1.165, 1.54) is 24.5 Å². The molecule has 2 aromatic carbocycles. The zero-order chi connectivity index (χ0) is 24.7. The predicted octanol–water partition coefficient (Wildman–Crippen LogP) is 4.74. The standard InChI is InChI=1S/C26H28N2O6S/c1-32-24-14-11-20(17-25(24)34-21-5-2-3-6-21)28-26(29)15-10-19-8-12-23(13-9-19)35(30,31)27-18-22-7-4-16-33-22/h4,7-17,21,27H,2-3,5-6,18H2,1H3,(H,28,29)/b15-10+. The van der Waals surface area contributed by atoms with E-state index in [0.29, 0.717) is 28.5 Å². The van der Waals surface area contributed by atoms with Crippen LogP contribution in [0.3, 0.4) is 0 Å². The van der Waals surface area contributed by atoms with Gasteiger partial charge in [-0.1, -0.05) is 12.1 Å². The van der Waals surface area contributed by atoms with Crippen LogP contribution >= 0.6 is 0 Å². The molecule has 0 radical (unpaired) electrons. The van der Waals surface area contributed by atoms with Gasteiger partial charge in [0.15, 0.2) is 11.5 Å². The van der Waals surface area contributed by atoms with Crippen molar-refractivity contribution in [1.82, 2.24) is 4.72 Å². The highest BCUT2D eigenvalue weighted by atomic mass is 32.2. The fourth-order valence-corrected chi connectivity index (χ4v) is 4.80. The van der Waals surface area contributed by atoms with Crippen LogP contribution in [0.25, 0.3) is 6.08 Å². The van der Waals surface area contributed by atoms with Crippen LogP contribution in [-0.2, 0) is 21.4 Å². The molecular weight excluding hydrogens is 468 g/mol. The summed E-state index contributed by atoms with van der Waals surface area (Å²) in [5.74, 6) is 1.43. The monoisotopic (exact) mass is 496 g/mol. The zero-order valence-electron chi connectivity index (χ0n) is 19.4. The van der Waals surface area contributed by atoms with E-state index in [1.807, 2.05) is 0 Å². The quantitative estimate of drug-likeness (QED) is 0.393. The van der Waals surface area contributed by atoms with Crippen molar-refractivity contribution in [3.8, 4) is 11.5 Å². The molecule has 1 saturated carbocycles. The lowest BCUT2D eigenvalue weighted by molar-refractivity contribution is -0.111. The van der Waals surface area contributed by atoms with E-state index < -0.39 is 10.0 Å². The van der Waals surface area contributed by atoms with E-state index in [1.54, 1.807) is 55.7 Å². The Balaban J connectivity index is 1.35. The largest absolute Gasteiger partial charge is 0.493 e. The summed E-state index contributed by atoms with van der Waals surface area (Å²) < 4.78 is 44.0. The van der Waals surface area contributed by atoms with Gasteiger partial charge in [0.1, 0.15) is 5.76 Å². The van der Waals surface area contributed by atoms with Gasteiger partial charge in [-0.05, 0) is 73.7 Å². The summed E-state index contributed by atoms with van der Waals surface area (Å²) in [6, 6.07) is 14.9. The number of nitrogens with one attached hydrogen (secondary N) is 2. The highest BCUT2D eigenvalue weighted by molar-refractivity contribution is 7.89. The second-order valence-corrected chi connectivity index (χ2v) is 9.95. The smallest absolute Gasteiger partial charge is 0.248 e. The molecule has 0 aliphatic heterocycles. The summed E-state index contributed by atoms with van der Waals surface area (Å²) in [4.78, 5) is 12.6. The predicted molar refractivity (Wildman–Crippen MR) is 133 cm³/mol. The Bertz CT molecular complexity index is 1260. The second kappa shape index (κ2) is 11.2. The van der Waals surface area contributed by atoms with E-state index in [0.717, 1.165) is 25.7 Å². The van der Waals surface area contributed by atoms with E-state index in [-0.39, 0.29) is 23.5 Å². The fourth-order valence-electron chi connectivity index (χ4n) is 3.81. The Morgan fingerprint density at radius 1 is 1.09 bits per heavy atom. The molecule has 1 aliphatic carbocycles. The third-order valence-corrected chi connectivity index (χ3v) is 7.08. The van der Waals surface area contributed by atoms with Crippen molar-refractivity contribution in [1.29, 1.82) is 0 Å². The van der Waals surface area contributed by atoms with Crippen molar-refractivity contribution < 1.29 is 27.1 Å². The van der Waals surface area contributed by atoms with E-state index >= 15 is 0 Å². The van der Waals surface area contributed by atoms with Gasteiger partial charge >= 0.3 is 0 Å². The lowest BCUT2D eigenvalue weighted by Gasteiger charge is -2.17. The highest BCUT2D eigenvalue weighted by Crippen LogP contribution is 2.34. The molecule has 0 saturated heterocycles. The Labute approximate surface area is 205 Å². The number of hydrogen-bond acceptors (Lipinski definition) is 6. The molecule has 3 aromatic rings. The number of sulfonamides is 1. The van der Waals surface area contributed by atoms with Crippen molar-refractivity contribution in [3.05, 3.63) is 78.3 Å². The number of amides is 1. The third-order valence-electron chi connectivity index (χ3n) is 5.66. The van der Waals surface area contributed by atoms with Crippen LogP contribution in [0.5, 0.6) is 11.5 Å². The fraction of sp³-hybridized carbons (Fsp3) is 0.269. The zero-order valence-corrected chi connectivity index (χ0v) is 20.2. The molecule has 0 bridgehead atoms. The number of carbonyl (C=O) groups excluding carboxylic acids is 1. The van der Waals surface area contributed by atoms with Gasteiger partial charge in [-0.2, -0.15) is 0 Å². The van der Waals surface area contributed by atoms with E-state index in [2.05, 4.69) is 10.0 Å². The third kappa shape index (κ3) is 6.74. The first kappa shape index (κ1) is 24.6. The normalized spacial score (nSPS) is 14.3. The molecule has 8 nitrogen and oxygen atoms in total. The maximum Gasteiger partial charge on any atom is 0.248 e. The Kier molecular flexibility index (Phi) is 7.89. The summed E-state index contributed by atoms with van der Waals surface area (Å²) in [5, 5.41) is 2.82. The van der Waals surface area contributed by atoms with Gasteiger partial charge in [0.25, 0.3) is 0 Å². The number of anilines is 1. The molecule has 1 amide bonds. The van der Waals surface area contributed by atoms with Crippen LogP contribution in [-0.4, -0.2) is 27.5 Å². The highest BCUT2D eigenvalue weighted by Gasteiger charge is 2.19. The molecule has 184 valence electrons. The van der Waals surface area contributed by atoms with Crippen molar-refractivity contribution in [2.24, 2.45) is 0 Å². The Morgan fingerprint density at radius 3 is 2.54 bits per heavy atom. The van der Waals surface area contributed by atoms with Gasteiger partial charge in [-0.15, -0.1) is 0 Å². The molecule has 0 spiro atoms. The molecule has 9 heteroatoms. The van der Waals surface area contributed by atoms with Crippen molar-refractivity contribution in [2.45, 2.75) is 43.2 Å². The molecule has 4 rings (SSSR count). The molecule has 0 atom stereocenters. The number of benzene rings is 2. The van der Waals surface area contributed by atoms with Crippen LogP contribution < -0.4 is 19.5 Å². The van der Waals surface area contributed by atoms with E-state index in [9.17, 15) is 13.2 Å². The van der Waals surface area contributed by atoms with E-state index in [4.69, 9.17) is 13.9 Å². The van der Waals surface area contributed by atoms with Gasteiger partial charge in [-0.25, -0.2) is 13.1 Å². The van der Waals surface area contributed by atoms with Crippen LogP contribution in [0, 0.1) is 0 Å². The molecule has 1 aliphatic rings. The lowest BCUT2D eigenvalue weighted by atomic mass is 10.2. The number of hydrogen-bond donors (Lipinski definition) is 2. The lowest BCUT2D eigenvalue weighted by Crippen LogP contribution is -2.22. The van der Waals surface area contributed by atoms with Gasteiger partial charge in [0.05, 0.1) is 30.9 Å². The minimum atomic E-state index is -3.68. The average molecular weight is 497 g/mol. The summed E-state index contributed by atoms with van der Waals surface area (Å²) in [5.41, 5.74) is 1.28. The number of ether oxygens (including phenoxy) is 2. The van der Waals surface area contributed by atoms with Crippen LogP contribution in [0.1, 0.15) is 37.0 Å². The average Bonchev–Trinajstić information content (AvgIpc) is 3.57. The Morgan fingerprint density at radius 2 is 1.86 bits per heavy atom. The topological polar surface area (TPSA) is 107 Å². The van der Waals surface area contributed by atoms with Gasteiger partial charge in [0.2, 0.25) is 15.9 Å². The van der Waals surface area contributed by atoms with Crippen LogP contribution in [0.4, 0.5) is 5.69 Å². The summed E-state index contributed by atoms with van der Waals surface area (Å²) >= 11 is 0. The molecular formula is C26H28N2O6S. The first-order chi connectivity index (χ1) is 16.9. The van der Waals surface area contributed by atoms with Crippen LogP contribution in [0.2, 0.25) is 0 Å². The summed E-state index contributed by atoms with van der Waals surface area (Å²) in [7, 11) is -2.09. The van der Waals surface area contributed by atoms with Gasteiger partial charge in [-0.3, -0.25) is 4.79 Å². The molecule has 1 heterocycles. The van der Waals surface area contributed by atoms with Gasteiger partial charge < -0.3 is 19.2 Å². The van der Waals surface area contributed by atoms with Crippen LogP contribution in [0.15, 0.2) is 76.2 Å². The van der Waals surface area contributed by atoms with Crippen molar-refractivity contribution in [3.63, 3.8) is 0 Å². The van der Waals surface area contributed by atoms with Crippen molar-refractivity contribution >= 4 is 27.7 Å². The number of furan rings is 1. The molecule has 2 N–H and O–H groups in total. The number of methoxy groups -OCH3 is 1. The van der Waals surface area contributed by atoms with Crippen molar-refractivity contribution in [2.75, 3.05) is 12.4 Å². The minimum Gasteiger partial charge on any atom is -0.493 e. The first-order valence-electron chi connectivity index (χ1n) is 11.4. The second-order valence-electron chi connectivity index (χ2n) is 8.19. The molecule has 35 heavy (non-hydrogen) atoms. The number of rotatable bonds is 10. The maximum atomic E-state index is 12.4. The first-order valence-corrected chi connectivity index (χ1v) is 12.9. The number of carbonyl (C=O) groups is 1. The molecule has 1 aromatic heterocycles. The molecule has 0 unspecified atom stereocenters. The molecule has 1 fully saturated rings. The summed E-state index contributed by atoms with van der Waals surface area (Å²) in [6.45, 7) is 0.0654. The van der Waals surface area contributed by atoms with Gasteiger partial charge in [0, 0.05) is 17.8 Å².